The van der Waals surface area contributed by atoms with Crippen LogP contribution in [0.15, 0.2) is 49.2 Å². The molecule has 0 unspecified atom stereocenters. The maximum atomic E-state index is 14.1. The Morgan fingerprint density at radius 2 is 1.77 bits per heavy atom. The monoisotopic (exact) mass is 419 g/mol. The first kappa shape index (κ1) is 19.3. The Labute approximate surface area is 179 Å². The van der Waals surface area contributed by atoms with Gasteiger partial charge in [0.05, 0.1) is 35.7 Å². The molecule has 1 amide bonds. The third-order valence-corrected chi connectivity index (χ3v) is 5.57. The van der Waals surface area contributed by atoms with Crippen LogP contribution in [0.2, 0.25) is 0 Å². The average Bonchev–Trinajstić information content (AvgIpc) is 3.66. The standard InChI is InChI=1S/C22H22FN7O/c23-17-3-1-2-4-19(17)29-7-9-30(10-8-29)22(31)20-21(27-16-11-24-14-25-12-16)26-13-18(28-20)15-5-6-15/h1-4,11-15H,5-10H2,(H,26,27). The van der Waals surface area contributed by atoms with Crippen molar-refractivity contribution in [3.63, 3.8) is 0 Å². The maximum absolute atomic E-state index is 14.1. The molecular formula is C22H22FN7O. The number of halogens is 1. The van der Waals surface area contributed by atoms with Gasteiger partial charge in [0, 0.05) is 32.1 Å². The molecule has 1 saturated carbocycles. The lowest BCUT2D eigenvalue weighted by Crippen LogP contribution is -2.49. The van der Waals surface area contributed by atoms with Gasteiger partial charge in [0.2, 0.25) is 0 Å². The van der Waals surface area contributed by atoms with E-state index in [-0.39, 0.29) is 11.7 Å². The molecule has 1 aliphatic heterocycles. The summed E-state index contributed by atoms with van der Waals surface area (Å²) in [6, 6.07) is 6.72. The van der Waals surface area contributed by atoms with E-state index in [1.54, 1.807) is 35.6 Å². The van der Waals surface area contributed by atoms with E-state index in [1.807, 2.05) is 11.0 Å². The van der Waals surface area contributed by atoms with Crippen LogP contribution in [-0.4, -0.2) is 56.9 Å². The summed E-state index contributed by atoms with van der Waals surface area (Å²) in [4.78, 5) is 34.2. The van der Waals surface area contributed by atoms with Crippen LogP contribution < -0.4 is 10.2 Å². The summed E-state index contributed by atoms with van der Waals surface area (Å²) in [6.45, 7) is 2.07. The van der Waals surface area contributed by atoms with Crippen LogP contribution in [0.1, 0.15) is 34.9 Å². The predicted octanol–water partition coefficient (Wildman–Crippen LogP) is 2.99. The lowest BCUT2D eigenvalue weighted by Gasteiger charge is -2.36. The predicted molar refractivity (Wildman–Crippen MR) is 114 cm³/mol. The fraction of sp³-hybridized carbons (Fsp3) is 0.318. The zero-order chi connectivity index (χ0) is 21.2. The number of rotatable bonds is 5. The molecule has 1 aromatic carbocycles. The summed E-state index contributed by atoms with van der Waals surface area (Å²) >= 11 is 0. The van der Waals surface area contributed by atoms with Crippen molar-refractivity contribution in [2.75, 3.05) is 36.4 Å². The number of anilines is 3. The van der Waals surface area contributed by atoms with E-state index < -0.39 is 0 Å². The maximum Gasteiger partial charge on any atom is 0.276 e. The Morgan fingerprint density at radius 1 is 1.03 bits per heavy atom. The molecule has 1 N–H and O–H groups in total. The summed E-state index contributed by atoms with van der Waals surface area (Å²) in [7, 11) is 0. The lowest BCUT2D eigenvalue weighted by atomic mass is 10.2. The van der Waals surface area contributed by atoms with Gasteiger partial charge in [0.1, 0.15) is 12.1 Å². The number of carbonyl (C=O) groups is 1. The summed E-state index contributed by atoms with van der Waals surface area (Å²) in [5.41, 5.74) is 2.35. The molecule has 0 bridgehead atoms. The van der Waals surface area contributed by atoms with Gasteiger partial charge in [0.15, 0.2) is 11.5 Å². The molecule has 5 rings (SSSR count). The number of para-hydroxylation sites is 1. The molecule has 3 aromatic rings. The number of nitrogens with one attached hydrogen (secondary N) is 1. The van der Waals surface area contributed by atoms with E-state index in [9.17, 15) is 9.18 Å². The fourth-order valence-corrected chi connectivity index (χ4v) is 3.73. The number of hydrogen-bond acceptors (Lipinski definition) is 7. The molecule has 2 fully saturated rings. The topological polar surface area (TPSA) is 87.1 Å². The van der Waals surface area contributed by atoms with Gasteiger partial charge in [-0.05, 0) is 25.0 Å². The van der Waals surface area contributed by atoms with Crippen LogP contribution >= 0.6 is 0 Å². The summed E-state index contributed by atoms with van der Waals surface area (Å²) < 4.78 is 14.1. The van der Waals surface area contributed by atoms with Crippen molar-refractivity contribution >= 4 is 23.1 Å². The van der Waals surface area contributed by atoms with Crippen molar-refractivity contribution < 1.29 is 9.18 Å². The molecule has 1 aliphatic carbocycles. The third-order valence-electron chi connectivity index (χ3n) is 5.57. The molecule has 158 valence electrons. The molecule has 1 saturated heterocycles. The van der Waals surface area contributed by atoms with Crippen LogP contribution in [0.5, 0.6) is 0 Å². The van der Waals surface area contributed by atoms with Gasteiger partial charge in [-0.3, -0.25) is 4.79 Å². The Balaban J connectivity index is 1.36. The number of amides is 1. The van der Waals surface area contributed by atoms with Gasteiger partial charge in [-0.2, -0.15) is 0 Å². The van der Waals surface area contributed by atoms with E-state index in [0.717, 1.165) is 18.5 Å². The van der Waals surface area contributed by atoms with Gasteiger partial charge < -0.3 is 15.1 Å². The minimum Gasteiger partial charge on any atom is -0.366 e. The number of hydrogen-bond donors (Lipinski definition) is 1. The van der Waals surface area contributed by atoms with Crippen molar-refractivity contribution in [2.24, 2.45) is 0 Å². The SMILES string of the molecule is O=C(c1nc(C2CC2)cnc1Nc1cncnc1)N1CCN(c2ccccc2F)CC1. The molecule has 0 radical (unpaired) electrons. The highest BCUT2D eigenvalue weighted by atomic mass is 19.1. The van der Waals surface area contributed by atoms with E-state index in [4.69, 9.17) is 0 Å². The highest BCUT2D eigenvalue weighted by Crippen LogP contribution is 2.39. The number of benzene rings is 1. The number of carbonyl (C=O) groups excluding carboxylic acids is 1. The summed E-state index contributed by atoms with van der Waals surface area (Å²) in [6.07, 6.45) is 8.55. The van der Waals surface area contributed by atoms with Gasteiger partial charge in [0.25, 0.3) is 5.91 Å². The number of aromatic nitrogens is 4. The normalized spacial score (nSPS) is 16.3. The largest absolute Gasteiger partial charge is 0.366 e. The van der Waals surface area contributed by atoms with Crippen molar-refractivity contribution in [3.05, 3.63) is 66.4 Å². The summed E-state index contributed by atoms with van der Waals surface area (Å²) in [5.74, 6) is 0.344. The van der Waals surface area contributed by atoms with E-state index in [1.165, 1.54) is 12.4 Å². The minimum atomic E-state index is -0.248. The Kier molecular flexibility index (Phi) is 5.15. The van der Waals surface area contributed by atoms with Gasteiger partial charge in [-0.15, -0.1) is 0 Å². The molecule has 0 spiro atoms. The highest BCUT2D eigenvalue weighted by molar-refractivity contribution is 5.97. The first-order valence-corrected chi connectivity index (χ1v) is 10.4. The van der Waals surface area contributed by atoms with E-state index >= 15 is 0 Å². The fourth-order valence-electron chi connectivity index (χ4n) is 3.73. The van der Waals surface area contributed by atoms with Crippen LogP contribution in [0, 0.1) is 5.82 Å². The van der Waals surface area contributed by atoms with Crippen molar-refractivity contribution in [1.29, 1.82) is 0 Å². The minimum absolute atomic E-state index is 0.178. The second-order valence-electron chi connectivity index (χ2n) is 7.75. The molecule has 31 heavy (non-hydrogen) atoms. The van der Waals surface area contributed by atoms with Crippen LogP contribution in [-0.2, 0) is 0 Å². The summed E-state index contributed by atoms with van der Waals surface area (Å²) in [5, 5.41) is 3.12. The Bertz CT molecular complexity index is 1080. The Morgan fingerprint density at radius 3 is 2.48 bits per heavy atom. The quantitative estimate of drug-likeness (QED) is 0.680. The molecule has 2 aliphatic rings. The smallest absolute Gasteiger partial charge is 0.276 e. The molecule has 2 aromatic heterocycles. The van der Waals surface area contributed by atoms with Crippen molar-refractivity contribution in [2.45, 2.75) is 18.8 Å². The first-order valence-electron chi connectivity index (χ1n) is 10.4. The average molecular weight is 419 g/mol. The lowest BCUT2D eigenvalue weighted by molar-refractivity contribution is 0.0741. The van der Waals surface area contributed by atoms with Crippen LogP contribution in [0.3, 0.4) is 0 Å². The van der Waals surface area contributed by atoms with E-state index in [2.05, 4.69) is 25.3 Å². The number of nitrogens with zero attached hydrogens (tertiary/aromatic N) is 6. The van der Waals surface area contributed by atoms with Crippen molar-refractivity contribution in [3.8, 4) is 0 Å². The first-order chi connectivity index (χ1) is 15.2. The molecule has 3 heterocycles. The zero-order valence-corrected chi connectivity index (χ0v) is 16.9. The highest BCUT2D eigenvalue weighted by Gasteiger charge is 2.30. The number of piperazine rings is 1. The zero-order valence-electron chi connectivity index (χ0n) is 16.9. The van der Waals surface area contributed by atoms with Crippen molar-refractivity contribution in [1.82, 2.24) is 24.8 Å². The second-order valence-corrected chi connectivity index (χ2v) is 7.75. The molecule has 8 nitrogen and oxygen atoms in total. The molecule has 9 heteroatoms. The van der Waals surface area contributed by atoms with E-state index in [0.29, 0.717) is 55.0 Å². The Hall–Kier alpha value is -3.62. The van der Waals surface area contributed by atoms with Crippen LogP contribution in [0.4, 0.5) is 21.6 Å². The molecule has 0 atom stereocenters. The van der Waals surface area contributed by atoms with Gasteiger partial charge >= 0.3 is 0 Å². The third kappa shape index (κ3) is 4.16. The molecular weight excluding hydrogens is 397 g/mol. The van der Waals surface area contributed by atoms with Gasteiger partial charge in [-0.25, -0.2) is 24.3 Å². The van der Waals surface area contributed by atoms with Gasteiger partial charge in [-0.1, -0.05) is 12.1 Å². The van der Waals surface area contributed by atoms with Crippen LogP contribution in [0.25, 0.3) is 0 Å². The second kappa shape index (κ2) is 8.25.